The normalized spacial score (nSPS) is 12.1. The van der Waals surface area contributed by atoms with E-state index in [0.717, 1.165) is 27.6 Å². The highest BCUT2D eigenvalue weighted by atomic mass is 19.1. The van der Waals surface area contributed by atoms with Gasteiger partial charge in [-0.1, -0.05) is 50.2 Å². The van der Waals surface area contributed by atoms with Crippen molar-refractivity contribution < 1.29 is 18.7 Å². The monoisotopic (exact) mass is 488 g/mol. The fraction of sp³-hybridized carbons (Fsp3) is 0.300. The molecule has 188 valence electrons. The van der Waals surface area contributed by atoms with Crippen molar-refractivity contribution in [3.05, 3.63) is 95.4 Å². The highest BCUT2D eigenvalue weighted by molar-refractivity contribution is 5.87. The quantitative estimate of drug-likeness (QED) is 0.292. The number of aromatic nitrogens is 1. The molecule has 0 fully saturated rings. The molecule has 0 spiro atoms. The fourth-order valence-electron chi connectivity index (χ4n) is 4.52. The first-order chi connectivity index (χ1) is 17.4. The molecule has 36 heavy (non-hydrogen) atoms. The standard InChI is InChI=1S/C30H33FN2O3/c1-20(2)17-32-30(34)16-25(22-11-14-28(35-3)29(15-22)36-4)26-19-33(27-8-6-5-7-24(26)27)18-21-9-12-23(31)13-10-21/h5-15,19-20,25H,16-18H2,1-4H3,(H,32,34)/t25-/m0/s1. The molecule has 1 N–H and O–H groups in total. The van der Waals surface area contributed by atoms with Gasteiger partial charge in [-0.2, -0.15) is 0 Å². The smallest absolute Gasteiger partial charge is 0.220 e. The molecule has 0 radical (unpaired) electrons. The van der Waals surface area contributed by atoms with Crippen molar-refractivity contribution in [1.82, 2.24) is 9.88 Å². The topological polar surface area (TPSA) is 52.5 Å². The van der Waals surface area contributed by atoms with E-state index in [2.05, 4.69) is 42.1 Å². The van der Waals surface area contributed by atoms with Gasteiger partial charge in [0.2, 0.25) is 5.91 Å². The molecule has 3 aromatic carbocycles. The molecular weight excluding hydrogens is 455 g/mol. The Morgan fingerprint density at radius 2 is 1.69 bits per heavy atom. The Hall–Kier alpha value is -3.80. The van der Waals surface area contributed by atoms with Crippen molar-refractivity contribution in [3.63, 3.8) is 0 Å². The molecule has 0 unspecified atom stereocenters. The van der Waals surface area contributed by atoms with Gasteiger partial charge in [0.05, 0.1) is 14.2 Å². The van der Waals surface area contributed by atoms with E-state index in [1.165, 1.54) is 12.1 Å². The van der Waals surface area contributed by atoms with Gasteiger partial charge in [0.15, 0.2) is 11.5 Å². The summed E-state index contributed by atoms with van der Waals surface area (Å²) in [6.07, 6.45) is 2.41. The molecule has 0 aliphatic rings. The number of carbonyl (C=O) groups is 1. The summed E-state index contributed by atoms with van der Waals surface area (Å²) in [4.78, 5) is 13.0. The Bertz CT molecular complexity index is 1330. The Labute approximate surface area is 211 Å². The summed E-state index contributed by atoms with van der Waals surface area (Å²) in [5.41, 5.74) is 4.09. The van der Waals surface area contributed by atoms with E-state index in [1.54, 1.807) is 26.4 Å². The minimum absolute atomic E-state index is 0.00106. The minimum Gasteiger partial charge on any atom is -0.493 e. The van der Waals surface area contributed by atoms with Crippen LogP contribution in [0.15, 0.2) is 72.9 Å². The van der Waals surface area contributed by atoms with E-state index in [4.69, 9.17) is 9.47 Å². The second-order valence-corrected chi connectivity index (χ2v) is 9.43. The predicted octanol–water partition coefficient (Wildman–Crippen LogP) is 6.14. The maximum Gasteiger partial charge on any atom is 0.220 e. The van der Waals surface area contributed by atoms with Gasteiger partial charge in [-0.15, -0.1) is 0 Å². The second-order valence-electron chi connectivity index (χ2n) is 9.43. The van der Waals surface area contributed by atoms with E-state index in [-0.39, 0.29) is 17.6 Å². The van der Waals surface area contributed by atoms with Crippen molar-refractivity contribution in [1.29, 1.82) is 0 Å². The van der Waals surface area contributed by atoms with Crippen molar-refractivity contribution in [3.8, 4) is 11.5 Å². The number of halogens is 1. The molecule has 5 nitrogen and oxygen atoms in total. The van der Waals surface area contributed by atoms with Gasteiger partial charge >= 0.3 is 0 Å². The van der Waals surface area contributed by atoms with Crippen molar-refractivity contribution >= 4 is 16.8 Å². The summed E-state index contributed by atoms with van der Waals surface area (Å²) >= 11 is 0. The van der Waals surface area contributed by atoms with Crippen LogP contribution < -0.4 is 14.8 Å². The van der Waals surface area contributed by atoms with Gasteiger partial charge in [-0.05, 0) is 52.9 Å². The van der Waals surface area contributed by atoms with Crippen LogP contribution in [0.3, 0.4) is 0 Å². The molecule has 1 atom stereocenters. The maximum absolute atomic E-state index is 13.5. The maximum atomic E-state index is 13.5. The largest absolute Gasteiger partial charge is 0.493 e. The predicted molar refractivity (Wildman–Crippen MR) is 141 cm³/mol. The Morgan fingerprint density at radius 3 is 2.39 bits per heavy atom. The van der Waals surface area contributed by atoms with Crippen LogP contribution in [0.1, 0.15) is 42.9 Å². The summed E-state index contributed by atoms with van der Waals surface area (Å²) < 4.78 is 26.6. The first-order valence-electron chi connectivity index (χ1n) is 12.2. The number of carbonyl (C=O) groups excluding carboxylic acids is 1. The highest BCUT2D eigenvalue weighted by Crippen LogP contribution is 2.38. The summed E-state index contributed by atoms with van der Waals surface area (Å²) in [6.45, 7) is 5.38. The van der Waals surface area contributed by atoms with Crippen LogP contribution in [0.4, 0.5) is 4.39 Å². The third-order valence-electron chi connectivity index (χ3n) is 6.37. The molecule has 0 saturated heterocycles. The Kier molecular flexibility index (Phi) is 7.93. The van der Waals surface area contributed by atoms with E-state index in [1.807, 2.05) is 30.3 Å². The highest BCUT2D eigenvalue weighted by Gasteiger charge is 2.24. The van der Waals surface area contributed by atoms with Gasteiger partial charge in [-0.3, -0.25) is 4.79 Å². The molecule has 1 aromatic heterocycles. The molecular formula is C30H33FN2O3. The zero-order valence-electron chi connectivity index (χ0n) is 21.3. The van der Waals surface area contributed by atoms with Crippen LogP contribution in [-0.2, 0) is 11.3 Å². The number of nitrogens with one attached hydrogen (secondary N) is 1. The number of ether oxygens (including phenoxy) is 2. The number of fused-ring (bicyclic) bond motifs is 1. The Morgan fingerprint density at radius 1 is 0.972 bits per heavy atom. The van der Waals surface area contributed by atoms with Gasteiger partial charge in [0.1, 0.15) is 5.82 Å². The number of rotatable bonds is 10. The van der Waals surface area contributed by atoms with Gasteiger partial charge < -0.3 is 19.4 Å². The van der Waals surface area contributed by atoms with Crippen LogP contribution in [0.5, 0.6) is 11.5 Å². The van der Waals surface area contributed by atoms with E-state index < -0.39 is 0 Å². The summed E-state index contributed by atoms with van der Waals surface area (Å²) in [5, 5.41) is 4.15. The number of para-hydroxylation sites is 1. The third-order valence-corrected chi connectivity index (χ3v) is 6.37. The molecule has 0 aliphatic heterocycles. The first kappa shape index (κ1) is 25.3. The van der Waals surface area contributed by atoms with Gasteiger partial charge in [0, 0.05) is 42.5 Å². The number of benzene rings is 3. The van der Waals surface area contributed by atoms with Crippen molar-refractivity contribution in [2.75, 3.05) is 20.8 Å². The van der Waals surface area contributed by atoms with Crippen molar-refractivity contribution in [2.45, 2.75) is 32.7 Å². The number of methoxy groups -OCH3 is 2. The van der Waals surface area contributed by atoms with Crippen molar-refractivity contribution in [2.24, 2.45) is 5.92 Å². The molecule has 1 heterocycles. The fourth-order valence-corrected chi connectivity index (χ4v) is 4.52. The second kappa shape index (κ2) is 11.3. The molecule has 4 aromatic rings. The average Bonchev–Trinajstić information content (AvgIpc) is 3.25. The van der Waals surface area contributed by atoms with Gasteiger partial charge in [0.25, 0.3) is 0 Å². The minimum atomic E-state index is -0.252. The molecule has 1 amide bonds. The van der Waals surface area contributed by atoms with Gasteiger partial charge in [-0.25, -0.2) is 4.39 Å². The van der Waals surface area contributed by atoms with E-state index in [9.17, 15) is 9.18 Å². The molecule has 6 heteroatoms. The molecule has 0 saturated carbocycles. The SMILES string of the molecule is COc1ccc([C@H](CC(=O)NCC(C)C)c2cn(Cc3ccc(F)cc3)c3ccccc23)cc1OC. The number of amides is 1. The van der Waals surface area contributed by atoms with Crippen LogP contribution in [-0.4, -0.2) is 31.2 Å². The third kappa shape index (κ3) is 5.70. The first-order valence-corrected chi connectivity index (χ1v) is 12.2. The summed E-state index contributed by atoms with van der Waals surface area (Å²) in [7, 11) is 3.22. The van der Waals surface area contributed by atoms with E-state index in [0.29, 0.717) is 36.9 Å². The Balaban J connectivity index is 1.79. The lowest BCUT2D eigenvalue weighted by Crippen LogP contribution is -2.28. The number of nitrogens with zero attached hydrogens (tertiary/aromatic N) is 1. The van der Waals surface area contributed by atoms with Crippen LogP contribution in [0.25, 0.3) is 10.9 Å². The lowest BCUT2D eigenvalue weighted by Gasteiger charge is -2.19. The molecule has 4 rings (SSSR count). The zero-order valence-corrected chi connectivity index (χ0v) is 21.3. The average molecular weight is 489 g/mol. The van der Waals surface area contributed by atoms with Crippen LogP contribution in [0, 0.1) is 11.7 Å². The van der Waals surface area contributed by atoms with E-state index >= 15 is 0 Å². The van der Waals surface area contributed by atoms with Crippen LogP contribution in [0.2, 0.25) is 0 Å². The lowest BCUT2D eigenvalue weighted by molar-refractivity contribution is -0.121. The number of hydrogen-bond acceptors (Lipinski definition) is 3. The zero-order chi connectivity index (χ0) is 25.7. The summed E-state index contributed by atoms with van der Waals surface area (Å²) in [5.74, 6) is 1.18. The molecule has 0 aliphatic carbocycles. The molecule has 0 bridgehead atoms. The summed E-state index contributed by atoms with van der Waals surface area (Å²) in [6, 6.07) is 20.6. The van der Waals surface area contributed by atoms with Crippen LogP contribution >= 0.6 is 0 Å². The number of hydrogen-bond donors (Lipinski definition) is 1. The lowest BCUT2D eigenvalue weighted by atomic mass is 9.87.